The average Bonchev–Trinajstić information content (AvgIpc) is 3.28. The maximum absolute atomic E-state index is 13.3. The molecule has 0 unspecified atom stereocenters. The number of carbonyl (C=O) groups is 1. The van der Waals surface area contributed by atoms with Crippen LogP contribution in [0.25, 0.3) is 10.2 Å². The van der Waals surface area contributed by atoms with Crippen molar-refractivity contribution in [3.8, 4) is 0 Å². The molecule has 0 spiro atoms. The van der Waals surface area contributed by atoms with Crippen molar-refractivity contribution in [3.63, 3.8) is 0 Å². The van der Waals surface area contributed by atoms with E-state index in [1.54, 1.807) is 22.3 Å². The van der Waals surface area contributed by atoms with Crippen molar-refractivity contribution in [1.29, 1.82) is 0 Å². The number of hydrogen-bond donors (Lipinski definition) is 0. The van der Waals surface area contributed by atoms with Crippen LogP contribution in [-0.2, 0) is 0 Å². The van der Waals surface area contributed by atoms with Gasteiger partial charge < -0.3 is 4.90 Å². The molecule has 0 radical (unpaired) electrons. The second-order valence-corrected chi connectivity index (χ2v) is 8.75. The first-order valence-electron chi connectivity index (χ1n) is 9.66. The number of anilines is 1. The molecule has 150 valence electrons. The molecule has 0 aliphatic rings. The minimum Gasteiger partial charge on any atom is -0.309 e. The summed E-state index contributed by atoms with van der Waals surface area (Å²) in [6.07, 6.45) is 2.74. The molecule has 0 aliphatic heterocycles. The number of aromatic nitrogens is 3. The molecule has 0 atom stereocenters. The zero-order chi connectivity index (χ0) is 20.4. The third-order valence-corrected chi connectivity index (χ3v) is 5.94. The van der Waals surface area contributed by atoms with E-state index in [0.717, 1.165) is 28.3 Å². The molecule has 0 saturated carbocycles. The monoisotopic (exact) mass is 399 g/mol. The third-order valence-electron chi connectivity index (χ3n) is 4.89. The van der Waals surface area contributed by atoms with Crippen LogP contribution in [-0.4, -0.2) is 52.8 Å². The number of fused-ring (bicyclic) bond motifs is 1. The number of nitrogens with zero attached hydrogens (tertiary/aromatic N) is 5. The summed E-state index contributed by atoms with van der Waals surface area (Å²) in [6, 6.07) is 6.22. The number of aryl methyl sites for hydroxylation is 2. The molecule has 0 N–H and O–H groups in total. The van der Waals surface area contributed by atoms with E-state index in [-0.39, 0.29) is 11.9 Å². The molecule has 7 heteroatoms. The highest BCUT2D eigenvalue weighted by Crippen LogP contribution is 2.32. The first kappa shape index (κ1) is 20.5. The lowest BCUT2D eigenvalue weighted by atomic mass is 10.1. The summed E-state index contributed by atoms with van der Waals surface area (Å²) in [5.41, 5.74) is 3.83. The molecule has 28 heavy (non-hydrogen) atoms. The van der Waals surface area contributed by atoms with E-state index in [2.05, 4.69) is 49.8 Å². The lowest BCUT2D eigenvalue weighted by molar-refractivity contribution is 0.0980. The second kappa shape index (κ2) is 8.41. The van der Waals surface area contributed by atoms with Gasteiger partial charge in [-0.2, -0.15) is 5.10 Å². The van der Waals surface area contributed by atoms with Crippen LogP contribution in [0.3, 0.4) is 0 Å². The fraction of sp³-hybridized carbons (Fsp3) is 0.476. The standard InChI is InChI=1S/C21H29N5OS/c1-14(2)26-13-10-17(23-26)20(27)25(12-7-11-24(5)6)21-22-19-16(4)15(3)8-9-18(19)28-21/h8-10,13-14H,7,11-12H2,1-6H3. The van der Waals surface area contributed by atoms with Crippen molar-refractivity contribution in [2.75, 3.05) is 32.1 Å². The Balaban J connectivity index is 1.96. The van der Waals surface area contributed by atoms with Crippen molar-refractivity contribution in [3.05, 3.63) is 41.2 Å². The molecule has 3 rings (SSSR count). The lowest BCUT2D eigenvalue weighted by Gasteiger charge is -2.20. The molecular formula is C21H29N5OS. The van der Waals surface area contributed by atoms with Crippen molar-refractivity contribution in [1.82, 2.24) is 19.7 Å². The number of benzene rings is 1. The molecule has 1 aromatic carbocycles. The molecule has 0 saturated heterocycles. The smallest absolute Gasteiger partial charge is 0.280 e. The van der Waals surface area contributed by atoms with Crippen molar-refractivity contribution < 1.29 is 4.79 Å². The van der Waals surface area contributed by atoms with Gasteiger partial charge in [-0.15, -0.1) is 0 Å². The van der Waals surface area contributed by atoms with Crippen LogP contribution in [0.15, 0.2) is 24.4 Å². The van der Waals surface area contributed by atoms with Gasteiger partial charge in [-0.1, -0.05) is 17.4 Å². The first-order chi connectivity index (χ1) is 13.3. The van der Waals surface area contributed by atoms with Gasteiger partial charge in [-0.05, 0) is 78.0 Å². The molecule has 0 bridgehead atoms. The van der Waals surface area contributed by atoms with Gasteiger partial charge in [0.1, 0.15) is 0 Å². The van der Waals surface area contributed by atoms with Gasteiger partial charge in [-0.3, -0.25) is 14.4 Å². The van der Waals surface area contributed by atoms with E-state index in [0.29, 0.717) is 12.2 Å². The summed E-state index contributed by atoms with van der Waals surface area (Å²) in [4.78, 5) is 22.0. The SMILES string of the molecule is Cc1ccc2sc(N(CCCN(C)C)C(=O)c3ccn(C(C)C)n3)nc2c1C. The Labute approximate surface area is 170 Å². The summed E-state index contributed by atoms with van der Waals surface area (Å²) in [7, 11) is 4.08. The van der Waals surface area contributed by atoms with E-state index >= 15 is 0 Å². The summed E-state index contributed by atoms with van der Waals surface area (Å²) >= 11 is 1.57. The summed E-state index contributed by atoms with van der Waals surface area (Å²) in [5, 5.41) is 5.22. The maximum atomic E-state index is 13.3. The van der Waals surface area contributed by atoms with Crippen LogP contribution in [0.1, 0.15) is 47.9 Å². The third kappa shape index (κ3) is 4.25. The minimum atomic E-state index is -0.0911. The van der Waals surface area contributed by atoms with Crippen molar-refractivity contribution in [2.24, 2.45) is 0 Å². The Morgan fingerprint density at radius 3 is 2.57 bits per heavy atom. The summed E-state index contributed by atoms with van der Waals surface area (Å²) in [6.45, 7) is 9.80. The van der Waals surface area contributed by atoms with Crippen LogP contribution in [0.4, 0.5) is 5.13 Å². The summed E-state index contributed by atoms with van der Waals surface area (Å²) in [5.74, 6) is -0.0911. The van der Waals surface area contributed by atoms with Gasteiger partial charge in [0.05, 0.1) is 10.2 Å². The quantitative estimate of drug-likeness (QED) is 0.595. The fourth-order valence-corrected chi connectivity index (χ4v) is 4.09. The molecular weight excluding hydrogens is 370 g/mol. The van der Waals surface area contributed by atoms with Gasteiger partial charge in [-0.25, -0.2) is 4.98 Å². The normalized spacial score (nSPS) is 11.7. The minimum absolute atomic E-state index is 0.0911. The van der Waals surface area contributed by atoms with Crippen LogP contribution in [0, 0.1) is 13.8 Å². The average molecular weight is 400 g/mol. The van der Waals surface area contributed by atoms with Crippen LogP contribution < -0.4 is 4.90 Å². The van der Waals surface area contributed by atoms with E-state index in [1.807, 2.05) is 25.0 Å². The molecule has 0 aliphatic carbocycles. The molecule has 3 aromatic rings. The Morgan fingerprint density at radius 2 is 1.93 bits per heavy atom. The Morgan fingerprint density at radius 1 is 1.18 bits per heavy atom. The van der Waals surface area contributed by atoms with Crippen LogP contribution >= 0.6 is 11.3 Å². The number of carbonyl (C=O) groups excluding carboxylic acids is 1. The Kier molecular flexibility index (Phi) is 6.15. The molecule has 2 aromatic heterocycles. The number of hydrogen-bond acceptors (Lipinski definition) is 5. The lowest BCUT2D eigenvalue weighted by Crippen LogP contribution is -2.33. The van der Waals surface area contributed by atoms with E-state index < -0.39 is 0 Å². The van der Waals surface area contributed by atoms with Crippen molar-refractivity contribution >= 4 is 32.6 Å². The molecule has 0 fully saturated rings. The Hall–Kier alpha value is -2.25. The van der Waals surface area contributed by atoms with Crippen LogP contribution in [0.5, 0.6) is 0 Å². The Bertz CT molecular complexity index is 972. The number of rotatable bonds is 7. The first-order valence-corrected chi connectivity index (χ1v) is 10.5. The maximum Gasteiger partial charge on any atom is 0.280 e. The van der Waals surface area contributed by atoms with Crippen molar-refractivity contribution in [2.45, 2.75) is 40.2 Å². The predicted octanol–water partition coefficient (Wildman–Crippen LogP) is 4.29. The largest absolute Gasteiger partial charge is 0.309 e. The number of thiazole rings is 1. The molecule has 2 heterocycles. The van der Waals surface area contributed by atoms with Gasteiger partial charge >= 0.3 is 0 Å². The molecule has 1 amide bonds. The van der Waals surface area contributed by atoms with Gasteiger partial charge in [0.2, 0.25) is 0 Å². The van der Waals surface area contributed by atoms with E-state index in [1.165, 1.54) is 11.1 Å². The summed E-state index contributed by atoms with van der Waals surface area (Å²) < 4.78 is 2.92. The zero-order valence-electron chi connectivity index (χ0n) is 17.6. The topological polar surface area (TPSA) is 54.3 Å². The highest BCUT2D eigenvalue weighted by molar-refractivity contribution is 7.22. The number of amides is 1. The zero-order valence-corrected chi connectivity index (χ0v) is 18.4. The van der Waals surface area contributed by atoms with E-state index in [9.17, 15) is 4.79 Å². The predicted molar refractivity (Wildman–Crippen MR) is 117 cm³/mol. The highest BCUT2D eigenvalue weighted by Gasteiger charge is 2.24. The second-order valence-electron chi connectivity index (χ2n) is 7.74. The van der Waals surface area contributed by atoms with Gasteiger partial charge in [0.25, 0.3) is 5.91 Å². The molecule has 6 nitrogen and oxygen atoms in total. The van der Waals surface area contributed by atoms with Gasteiger partial charge in [0.15, 0.2) is 10.8 Å². The van der Waals surface area contributed by atoms with Crippen LogP contribution in [0.2, 0.25) is 0 Å². The highest BCUT2D eigenvalue weighted by atomic mass is 32.1. The fourth-order valence-electron chi connectivity index (χ4n) is 3.04. The van der Waals surface area contributed by atoms with E-state index in [4.69, 9.17) is 4.98 Å². The van der Waals surface area contributed by atoms with Gasteiger partial charge in [0, 0.05) is 18.8 Å².